The SMILES string of the molecule is COc1ccc(C=NNC(=O)COc2ccccc2)cc1OC. The summed E-state index contributed by atoms with van der Waals surface area (Å²) in [6, 6.07) is 14.4. The van der Waals surface area contributed by atoms with Gasteiger partial charge >= 0.3 is 0 Å². The van der Waals surface area contributed by atoms with Crippen LogP contribution in [0.15, 0.2) is 53.6 Å². The summed E-state index contributed by atoms with van der Waals surface area (Å²) < 4.78 is 15.7. The Morgan fingerprint density at radius 1 is 1.09 bits per heavy atom. The van der Waals surface area contributed by atoms with Crippen LogP contribution in [0.3, 0.4) is 0 Å². The molecule has 6 nitrogen and oxygen atoms in total. The molecule has 0 heterocycles. The Kier molecular flexibility index (Phi) is 5.99. The Hall–Kier alpha value is -3.02. The number of hydrogen-bond acceptors (Lipinski definition) is 5. The maximum atomic E-state index is 11.6. The number of nitrogens with one attached hydrogen (secondary N) is 1. The highest BCUT2D eigenvalue weighted by molar-refractivity contribution is 5.83. The molecule has 0 aliphatic carbocycles. The molecule has 0 saturated carbocycles. The van der Waals surface area contributed by atoms with Crippen LogP contribution in [0, 0.1) is 0 Å². The molecule has 0 atom stereocenters. The molecule has 6 heteroatoms. The number of para-hydroxylation sites is 1. The minimum atomic E-state index is -0.342. The number of carbonyl (C=O) groups excluding carboxylic acids is 1. The molecule has 2 aromatic rings. The lowest BCUT2D eigenvalue weighted by Gasteiger charge is -2.07. The van der Waals surface area contributed by atoms with Crippen LogP contribution in [0.1, 0.15) is 5.56 Å². The number of carbonyl (C=O) groups is 1. The first-order valence-corrected chi connectivity index (χ1v) is 6.94. The second kappa shape index (κ2) is 8.43. The first-order chi connectivity index (χ1) is 11.2. The van der Waals surface area contributed by atoms with E-state index in [0.29, 0.717) is 17.2 Å². The molecule has 0 bridgehead atoms. The van der Waals surface area contributed by atoms with Crippen molar-refractivity contribution in [3.8, 4) is 17.2 Å². The van der Waals surface area contributed by atoms with E-state index in [1.807, 2.05) is 18.2 Å². The maximum Gasteiger partial charge on any atom is 0.277 e. The van der Waals surface area contributed by atoms with Crippen molar-refractivity contribution in [2.45, 2.75) is 0 Å². The normalized spacial score (nSPS) is 10.3. The topological polar surface area (TPSA) is 69.2 Å². The van der Waals surface area contributed by atoms with Crippen molar-refractivity contribution in [2.75, 3.05) is 20.8 Å². The van der Waals surface area contributed by atoms with Crippen molar-refractivity contribution in [2.24, 2.45) is 5.10 Å². The fourth-order valence-electron chi connectivity index (χ4n) is 1.81. The summed E-state index contributed by atoms with van der Waals surface area (Å²) in [4.78, 5) is 11.6. The standard InChI is InChI=1S/C17H18N2O4/c1-21-15-9-8-13(10-16(15)22-2)11-18-19-17(20)12-23-14-6-4-3-5-7-14/h3-11H,12H2,1-2H3,(H,19,20). The molecule has 1 N–H and O–H groups in total. The maximum absolute atomic E-state index is 11.6. The Morgan fingerprint density at radius 2 is 1.83 bits per heavy atom. The molecule has 0 unspecified atom stereocenters. The number of nitrogens with zero attached hydrogens (tertiary/aromatic N) is 1. The summed E-state index contributed by atoms with van der Waals surface area (Å²) in [6.07, 6.45) is 1.52. The zero-order valence-corrected chi connectivity index (χ0v) is 13.0. The van der Waals surface area contributed by atoms with Crippen LogP contribution in [0.5, 0.6) is 17.2 Å². The van der Waals surface area contributed by atoms with Crippen LogP contribution >= 0.6 is 0 Å². The number of ether oxygens (including phenoxy) is 3. The van der Waals surface area contributed by atoms with Gasteiger partial charge in [0.1, 0.15) is 5.75 Å². The molecule has 1 amide bonds. The zero-order valence-electron chi connectivity index (χ0n) is 13.0. The summed E-state index contributed by atoms with van der Waals surface area (Å²) in [6.45, 7) is -0.104. The average Bonchev–Trinajstić information content (AvgIpc) is 2.60. The van der Waals surface area contributed by atoms with Gasteiger partial charge in [-0.2, -0.15) is 5.10 Å². The summed E-state index contributed by atoms with van der Waals surface area (Å²) in [5.74, 6) is 1.51. The number of methoxy groups -OCH3 is 2. The van der Waals surface area contributed by atoms with Gasteiger partial charge in [-0.15, -0.1) is 0 Å². The van der Waals surface area contributed by atoms with Gasteiger partial charge in [0.15, 0.2) is 18.1 Å². The second-order valence-electron chi connectivity index (χ2n) is 4.51. The van der Waals surface area contributed by atoms with Crippen LogP contribution < -0.4 is 19.6 Å². The molecule has 23 heavy (non-hydrogen) atoms. The van der Waals surface area contributed by atoms with E-state index in [1.54, 1.807) is 44.6 Å². The Morgan fingerprint density at radius 3 is 2.52 bits per heavy atom. The monoisotopic (exact) mass is 314 g/mol. The minimum absolute atomic E-state index is 0.104. The Balaban J connectivity index is 1.85. The largest absolute Gasteiger partial charge is 0.493 e. The quantitative estimate of drug-likeness (QED) is 0.628. The van der Waals surface area contributed by atoms with Crippen molar-refractivity contribution in [1.82, 2.24) is 5.43 Å². The summed E-state index contributed by atoms with van der Waals surface area (Å²) in [5, 5.41) is 3.88. The van der Waals surface area contributed by atoms with Crippen molar-refractivity contribution < 1.29 is 19.0 Å². The molecule has 2 rings (SSSR count). The third-order valence-corrected chi connectivity index (χ3v) is 2.92. The number of hydrogen-bond donors (Lipinski definition) is 1. The lowest BCUT2D eigenvalue weighted by molar-refractivity contribution is -0.123. The molecule has 0 fully saturated rings. The highest BCUT2D eigenvalue weighted by Gasteiger charge is 2.04. The van der Waals surface area contributed by atoms with Crippen molar-refractivity contribution in [3.05, 3.63) is 54.1 Å². The Bertz CT molecular complexity index is 672. The molecule has 0 aromatic heterocycles. The third kappa shape index (κ3) is 5.03. The number of amides is 1. The van der Waals surface area contributed by atoms with E-state index in [4.69, 9.17) is 14.2 Å². The molecular formula is C17H18N2O4. The highest BCUT2D eigenvalue weighted by atomic mass is 16.5. The lowest BCUT2D eigenvalue weighted by Crippen LogP contribution is -2.24. The molecule has 120 valence electrons. The highest BCUT2D eigenvalue weighted by Crippen LogP contribution is 2.26. The van der Waals surface area contributed by atoms with Crippen LogP contribution in [0.25, 0.3) is 0 Å². The number of hydrazone groups is 1. The van der Waals surface area contributed by atoms with Gasteiger partial charge in [-0.25, -0.2) is 5.43 Å². The molecular weight excluding hydrogens is 296 g/mol. The molecule has 0 saturated heterocycles. The van der Waals surface area contributed by atoms with Crippen molar-refractivity contribution in [3.63, 3.8) is 0 Å². The molecule has 0 spiro atoms. The summed E-state index contributed by atoms with van der Waals surface area (Å²) in [7, 11) is 3.13. The van der Waals surface area contributed by atoms with Crippen LogP contribution in [0.4, 0.5) is 0 Å². The number of rotatable bonds is 7. The zero-order chi connectivity index (χ0) is 16.5. The molecule has 0 aliphatic rings. The van der Waals surface area contributed by atoms with Gasteiger partial charge in [0, 0.05) is 0 Å². The molecule has 0 radical (unpaired) electrons. The minimum Gasteiger partial charge on any atom is -0.493 e. The lowest BCUT2D eigenvalue weighted by atomic mass is 10.2. The van der Waals surface area contributed by atoms with Gasteiger partial charge in [-0.05, 0) is 35.9 Å². The second-order valence-corrected chi connectivity index (χ2v) is 4.51. The first kappa shape index (κ1) is 16.4. The van der Waals surface area contributed by atoms with E-state index in [-0.39, 0.29) is 12.5 Å². The van der Waals surface area contributed by atoms with Gasteiger partial charge in [0.2, 0.25) is 0 Å². The predicted octanol–water partition coefficient (Wildman–Crippen LogP) is 2.23. The van der Waals surface area contributed by atoms with E-state index < -0.39 is 0 Å². The van der Waals surface area contributed by atoms with Crippen molar-refractivity contribution in [1.29, 1.82) is 0 Å². The van der Waals surface area contributed by atoms with E-state index in [9.17, 15) is 4.79 Å². The smallest absolute Gasteiger partial charge is 0.277 e. The van der Waals surface area contributed by atoms with Gasteiger partial charge in [0.25, 0.3) is 5.91 Å². The van der Waals surface area contributed by atoms with Crippen LogP contribution in [-0.2, 0) is 4.79 Å². The predicted molar refractivity (Wildman–Crippen MR) is 87.2 cm³/mol. The average molecular weight is 314 g/mol. The molecule has 2 aromatic carbocycles. The van der Waals surface area contributed by atoms with E-state index in [1.165, 1.54) is 6.21 Å². The first-order valence-electron chi connectivity index (χ1n) is 6.94. The van der Waals surface area contributed by atoms with Crippen molar-refractivity contribution >= 4 is 12.1 Å². The van der Waals surface area contributed by atoms with Crippen LogP contribution in [-0.4, -0.2) is 32.9 Å². The van der Waals surface area contributed by atoms with E-state index in [2.05, 4.69) is 10.5 Å². The third-order valence-electron chi connectivity index (χ3n) is 2.92. The van der Waals surface area contributed by atoms with E-state index >= 15 is 0 Å². The fraction of sp³-hybridized carbons (Fsp3) is 0.176. The van der Waals surface area contributed by atoms with Gasteiger partial charge in [-0.1, -0.05) is 18.2 Å². The van der Waals surface area contributed by atoms with Gasteiger partial charge < -0.3 is 14.2 Å². The summed E-state index contributed by atoms with van der Waals surface area (Å²) >= 11 is 0. The number of benzene rings is 2. The van der Waals surface area contributed by atoms with Gasteiger partial charge in [-0.3, -0.25) is 4.79 Å². The fourth-order valence-corrected chi connectivity index (χ4v) is 1.81. The van der Waals surface area contributed by atoms with Gasteiger partial charge in [0.05, 0.1) is 20.4 Å². The summed E-state index contributed by atoms with van der Waals surface area (Å²) in [5.41, 5.74) is 3.17. The van der Waals surface area contributed by atoms with Crippen LogP contribution in [0.2, 0.25) is 0 Å². The molecule has 0 aliphatic heterocycles. The van der Waals surface area contributed by atoms with E-state index in [0.717, 1.165) is 5.56 Å². The Labute approximate surface area is 134 Å².